The zero-order chi connectivity index (χ0) is 25.4. The predicted octanol–water partition coefficient (Wildman–Crippen LogP) is 5.09. The standard InChI is InChI=1S/C24H19N5O5S2/c1-14-21(27-26-19-12-9-15-5-3-4-6-18(15)22(19)36(31,32)33)23(30)29(28-14)24-25-20(13-35-24)16-7-10-17(34-2)11-8-16/h3-13,21H,1-2H3,(H,31,32,33). The Bertz CT molecular complexity index is 1650. The fourth-order valence-corrected chi connectivity index (χ4v) is 5.41. The molecule has 1 N–H and O–H groups in total. The summed E-state index contributed by atoms with van der Waals surface area (Å²) >= 11 is 1.25. The molecule has 2 heterocycles. The lowest BCUT2D eigenvalue weighted by Crippen LogP contribution is -2.29. The first-order valence-corrected chi connectivity index (χ1v) is 13.0. The minimum absolute atomic E-state index is 0.0775. The van der Waals surface area contributed by atoms with E-state index >= 15 is 0 Å². The zero-order valence-electron chi connectivity index (χ0n) is 19.1. The molecule has 182 valence electrons. The van der Waals surface area contributed by atoms with E-state index in [0.717, 1.165) is 11.3 Å². The Hall–Kier alpha value is -4.00. The molecule has 1 atom stereocenters. The number of azo groups is 1. The van der Waals surface area contributed by atoms with Crippen molar-refractivity contribution in [3.63, 3.8) is 0 Å². The number of ether oxygens (including phenoxy) is 1. The summed E-state index contributed by atoms with van der Waals surface area (Å²) in [4.78, 5) is 17.3. The highest BCUT2D eigenvalue weighted by molar-refractivity contribution is 7.86. The molecule has 10 nitrogen and oxygen atoms in total. The number of thiazole rings is 1. The first-order chi connectivity index (χ1) is 17.3. The van der Waals surface area contributed by atoms with Gasteiger partial charge in [0.1, 0.15) is 16.3 Å². The molecule has 36 heavy (non-hydrogen) atoms. The van der Waals surface area contributed by atoms with Crippen LogP contribution < -0.4 is 9.75 Å². The Morgan fingerprint density at radius 1 is 1.08 bits per heavy atom. The maximum Gasteiger partial charge on any atom is 0.297 e. The number of hydrazone groups is 1. The van der Waals surface area contributed by atoms with Gasteiger partial charge in [0.15, 0.2) is 6.04 Å². The van der Waals surface area contributed by atoms with E-state index in [0.29, 0.717) is 27.3 Å². The zero-order valence-corrected chi connectivity index (χ0v) is 20.7. The molecule has 4 aromatic rings. The number of amides is 1. The lowest BCUT2D eigenvalue weighted by molar-refractivity contribution is -0.117. The number of carbonyl (C=O) groups is 1. The van der Waals surface area contributed by atoms with E-state index in [1.807, 2.05) is 29.6 Å². The molecule has 0 radical (unpaired) electrons. The summed E-state index contributed by atoms with van der Waals surface area (Å²) in [7, 11) is -3.02. The molecule has 5 rings (SSSR count). The van der Waals surface area contributed by atoms with E-state index in [2.05, 4.69) is 20.3 Å². The van der Waals surface area contributed by atoms with Crippen LogP contribution in [0, 0.1) is 0 Å². The lowest BCUT2D eigenvalue weighted by atomic mass is 10.1. The molecule has 0 saturated heterocycles. The second-order valence-electron chi connectivity index (χ2n) is 7.86. The van der Waals surface area contributed by atoms with Crippen LogP contribution in [-0.2, 0) is 14.9 Å². The predicted molar refractivity (Wildman–Crippen MR) is 137 cm³/mol. The second-order valence-corrected chi connectivity index (χ2v) is 10.1. The quantitative estimate of drug-likeness (QED) is 0.277. The number of fused-ring (bicyclic) bond motifs is 1. The Balaban J connectivity index is 1.42. The van der Waals surface area contributed by atoms with Gasteiger partial charge in [0.05, 0.1) is 18.5 Å². The van der Waals surface area contributed by atoms with Gasteiger partial charge in [0.25, 0.3) is 16.0 Å². The SMILES string of the molecule is COc1ccc(-c2csc(N3N=C(C)C(N=Nc4ccc5ccccc5c4S(=O)(=O)O)C3=O)n2)cc1. The van der Waals surface area contributed by atoms with Crippen LogP contribution >= 0.6 is 11.3 Å². The molecular formula is C24H19N5O5S2. The number of methoxy groups -OCH3 is 1. The molecule has 0 bridgehead atoms. The molecule has 1 aliphatic heterocycles. The fraction of sp³-hybridized carbons (Fsp3) is 0.125. The number of hydrogen-bond donors (Lipinski definition) is 1. The van der Waals surface area contributed by atoms with Gasteiger partial charge in [0, 0.05) is 16.3 Å². The molecule has 0 aliphatic carbocycles. The van der Waals surface area contributed by atoms with Crippen LogP contribution in [0.1, 0.15) is 6.92 Å². The van der Waals surface area contributed by atoms with Crippen molar-refractivity contribution in [1.29, 1.82) is 0 Å². The molecule has 1 aromatic heterocycles. The maximum atomic E-state index is 13.1. The second kappa shape index (κ2) is 9.22. The largest absolute Gasteiger partial charge is 0.497 e. The van der Waals surface area contributed by atoms with Crippen LogP contribution in [-0.4, -0.2) is 42.7 Å². The highest BCUT2D eigenvalue weighted by atomic mass is 32.2. The van der Waals surface area contributed by atoms with Gasteiger partial charge in [-0.2, -0.15) is 28.8 Å². The van der Waals surface area contributed by atoms with E-state index in [1.165, 1.54) is 22.4 Å². The van der Waals surface area contributed by atoms with E-state index in [-0.39, 0.29) is 10.6 Å². The molecule has 1 aliphatic rings. The van der Waals surface area contributed by atoms with Crippen molar-refractivity contribution in [3.05, 3.63) is 66.0 Å². The van der Waals surface area contributed by atoms with Crippen molar-refractivity contribution < 1.29 is 22.5 Å². The number of anilines is 1. The maximum absolute atomic E-state index is 13.1. The van der Waals surface area contributed by atoms with Gasteiger partial charge >= 0.3 is 0 Å². The smallest absolute Gasteiger partial charge is 0.297 e. The first kappa shape index (κ1) is 23.7. The molecule has 0 saturated carbocycles. The third kappa shape index (κ3) is 4.37. The minimum atomic E-state index is -4.61. The average molecular weight is 522 g/mol. The van der Waals surface area contributed by atoms with Crippen molar-refractivity contribution >= 4 is 54.7 Å². The summed E-state index contributed by atoms with van der Waals surface area (Å²) in [6.45, 7) is 1.63. The first-order valence-electron chi connectivity index (χ1n) is 10.7. The summed E-state index contributed by atoms with van der Waals surface area (Å²) in [5.41, 5.74) is 1.83. The van der Waals surface area contributed by atoms with Gasteiger partial charge in [0.2, 0.25) is 5.13 Å². The molecular weight excluding hydrogens is 502 g/mol. The molecule has 3 aromatic carbocycles. The van der Waals surface area contributed by atoms with Crippen LogP contribution in [0.4, 0.5) is 10.8 Å². The number of benzene rings is 3. The van der Waals surface area contributed by atoms with E-state index in [4.69, 9.17) is 4.74 Å². The Morgan fingerprint density at radius 2 is 1.83 bits per heavy atom. The van der Waals surface area contributed by atoms with Crippen LogP contribution in [0.25, 0.3) is 22.0 Å². The summed E-state index contributed by atoms with van der Waals surface area (Å²) in [5, 5.41) is 16.7. The lowest BCUT2D eigenvalue weighted by Gasteiger charge is -2.09. The topological polar surface area (TPSA) is 134 Å². The molecule has 1 unspecified atom stereocenters. The van der Waals surface area contributed by atoms with E-state index in [1.54, 1.807) is 44.4 Å². The van der Waals surface area contributed by atoms with E-state index in [9.17, 15) is 17.8 Å². The number of hydrogen-bond acceptors (Lipinski definition) is 9. The third-order valence-corrected chi connectivity index (χ3v) is 7.31. The fourth-order valence-electron chi connectivity index (χ4n) is 3.78. The van der Waals surface area contributed by atoms with Crippen molar-refractivity contribution in [2.24, 2.45) is 15.3 Å². The van der Waals surface area contributed by atoms with Crippen LogP contribution in [0.5, 0.6) is 5.75 Å². The number of aromatic nitrogens is 1. The van der Waals surface area contributed by atoms with Gasteiger partial charge in [-0.1, -0.05) is 30.3 Å². The molecule has 0 spiro atoms. The number of nitrogens with zero attached hydrogens (tertiary/aromatic N) is 5. The average Bonchev–Trinajstić information content (AvgIpc) is 3.46. The molecule has 0 fully saturated rings. The molecule has 12 heteroatoms. The van der Waals surface area contributed by atoms with Crippen LogP contribution in [0.15, 0.2) is 86.3 Å². The highest BCUT2D eigenvalue weighted by Gasteiger charge is 2.36. The number of rotatable bonds is 6. The van der Waals surface area contributed by atoms with Crippen molar-refractivity contribution in [3.8, 4) is 17.0 Å². The van der Waals surface area contributed by atoms with Gasteiger partial charge in [-0.3, -0.25) is 9.35 Å². The van der Waals surface area contributed by atoms with Crippen molar-refractivity contribution in [2.45, 2.75) is 17.9 Å². The van der Waals surface area contributed by atoms with Gasteiger partial charge in [-0.05, 0) is 42.6 Å². The Kier molecular flexibility index (Phi) is 6.08. The Morgan fingerprint density at radius 3 is 2.56 bits per heavy atom. The van der Waals surface area contributed by atoms with Gasteiger partial charge in [-0.15, -0.1) is 11.3 Å². The summed E-state index contributed by atoms with van der Waals surface area (Å²) < 4.78 is 39.3. The summed E-state index contributed by atoms with van der Waals surface area (Å²) in [6, 6.07) is 16.1. The monoisotopic (exact) mass is 521 g/mol. The van der Waals surface area contributed by atoms with Crippen molar-refractivity contribution in [1.82, 2.24) is 4.98 Å². The highest BCUT2D eigenvalue weighted by Crippen LogP contribution is 2.34. The normalized spacial score (nSPS) is 16.2. The van der Waals surface area contributed by atoms with Crippen molar-refractivity contribution in [2.75, 3.05) is 12.1 Å². The summed E-state index contributed by atoms with van der Waals surface area (Å²) in [6.07, 6.45) is 0. The third-order valence-electron chi connectivity index (χ3n) is 5.55. The van der Waals surface area contributed by atoms with E-state index < -0.39 is 22.1 Å². The van der Waals surface area contributed by atoms with Crippen LogP contribution in [0.2, 0.25) is 0 Å². The number of carbonyl (C=O) groups excluding carboxylic acids is 1. The van der Waals surface area contributed by atoms with Gasteiger partial charge < -0.3 is 4.74 Å². The van der Waals surface area contributed by atoms with Crippen LogP contribution in [0.3, 0.4) is 0 Å². The van der Waals surface area contributed by atoms with Gasteiger partial charge in [-0.25, -0.2) is 4.98 Å². The molecule has 1 amide bonds. The summed E-state index contributed by atoms with van der Waals surface area (Å²) in [5.74, 6) is 0.252. The Labute approximate surface area is 210 Å². The minimum Gasteiger partial charge on any atom is -0.497 e.